The molecular weight excluding hydrogens is 1330 g/mol. The van der Waals surface area contributed by atoms with Crippen molar-refractivity contribution in [1.82, 2.24) is 0 Å². The Labute approximate surface area is 626 Å². The fourth-order valence-electron chi connectivity index (χ4n) is 12.9. The van der Waals surface area contributed by atoms with E-state index in [1.165, 1.54) is 250 Å². The topological polar surface area (TPSA) is 237 Å². The van der Waals surface area contributed by atoms with E-state index >= 15 is 0 Å². The van der Waals surface area contributed by atoms with Gasteiger partial charge in [-0.2, -0.15) is 0 Å². The van der Waals surface area contributed by atoms with Gasteiger partial charge in [0.25, 0.3) is 0 Å². The minimum atomic E-state index is -4.96. The Morgan fingerprint density at radius 2 is 0.451 bits per heavy atom. The van der Waals surface area contributed by atoms with Crippen LogP contribution in [0.25, 0.3) is 0 Å². The largest absolute Gasteiger partial charge is 0.472 e. The summed E-state index contributed by atoms with van der Waals surface area (Å²) in [5.41, 5.74) is 0. The van der Waals surface area contributed by atoms with Gasteiger partial charge in [0, 0.05) is 25.7 Å². The van der Waals surface area contributed by atoms with Crippen molar-refractivity contribution in [3.63, 3.8) is 0 Å². The first-order valence-electron chi connectivity index (χ1n) is 43.0. The molecule has 102 heavy (non-hydrogen) atoms. The molecule has 0 heterocycles. The van der Waals surface area contributed by atoms with Gasteiger partial charge in [0.2, 0.25) is 0 Å². The van der Waals surface area contributed by atoms with Crippen LogP contribution in [0.15, 0.2) is 0 Å². The van der Waals surface area contributed by atoms with Crippen molar-refractivity contribution in [3.05, 3.63) is 0 Å². The maximum absolute atomic E-state index is 13.1. The molecule has 606 valence electrons. The van der Waals surface area contributed by atoms with Crippen LogP contribution in [0.2, 0.25) is 0 Å². The van der Waals surface area contributed by atoms with Gasteiger partial charge in [0.1, 0.15) is 19.3 Å². The number of ether oxygens (including phenoxy) is 4. The number of hydrogen-bond acceptors (Lipinski definition) is 15. The molecule has 5 atom stereocenters. The smallest absolute Gasteiger partial charge is 0.462 e. The maximum Gasteiger partial charge on any atom is 0.472 e. The van der Waals surface area contributed by atoms with Crippen molar-refractivity contribution in [1.29, 1.82) is 0 Å². The molecule has 0 aromatic carbocycles. The lowest BCUT2D eigenvalue weighted by Crippen LogP contribution is -2.30. The number of rotatable bonds is 82. The van der Waals surface area contributed by atoms with Crippen LogP contribution in [0.5, 0.6) is 0 Å². The van der Waals surface area contributed by atoms with E-state index in [1.54, 1.807) is 0 Å². The van der Waals surface area contributed by atoms with Gasteiger partial charge in [0.05, 0.1) is 26.4 Å². The lowest BCUT2D eigenvalue weighted by Gasteiger charge is -2.21. The van der Waals surface area contributed by atoms with Crippen LogP contribution in [-0.4, -0.2) is 96.7 Å². The number of esters is 4. The summed E-state index contributed by atoms with van der Waals surface area (Å²) in [7, 11) is -9.92. The van der Waals surface area contributed by atoms with Gasteiger partial charge in [-0.25, -0.2) is 9.13 Å². The highest BCUT2D eigenvalue weighted by Gasteiger charge is 2.30. The fraction of sp³-hybridized carbons (Fsp3) is 0.952. The van der Waals surface area contributed by atoms with E-state index < -0.39 is 97.5 Å². The van der Waals surface area contributed by atoms with Gasteiger partial charge < -0.3 is 33.8 Å². The summed E-state index contributed by atoms with van der Waals surface area (Å²) in [6.45, 7) is 9.60. The Bertz CT molecular complexity index is 1960. The van der Waals surface area contributed by atoms with Crippen molar-refractivity contribution in [2.45, 2.75) is 458 Å². The summed E-state index contributed by atoms with van der Waals surface area (Å²) >= 11 is 0. The lowest BCUT2D eigenvalue weighted by molar-refractivity contribution is -0.161. The zero-order valence-corrected chi connectivity index (χ0v) is 68.7. The summed E-state index contributed by atoms with van der Waals surface area (Å²) in [6.07, 6.45) is 65.4. The molecule has 0 bridgehead atoms. The average molecular weight is 1490 g/mol. The summed E-state index contributed by atoms with van der Waals surface area (Å²) in [5, 5.41) is 10.7. The average Bonchev–Trinajstić information content (AvgIpc) is 0.913. The van der Waals surface area contributed by atoms with Gasteiger partial charge in [-0.3, -0.25) is 37.3 Å². The van der Waals surface area contributed by atoms with Crippen LogP contribution in [-0.2, 0) is 65.4 Å². The van der Waals surface area contributed by atoms with E-state index in [9.17, 15) is 43.2 Å². The molecule has 3 N–H and O–H groups in total. The van der Waals surface area contributed by atoms with Crippen molar-refractivity contribution < 1.29 is 80.2 Å². The highest BCUT2D eigenvalue weighted by Crippen LogP contribution is 2.45. The molecule has 0 fully saturated rings. The van der Waals surface area contributed by atoms with E-state index in [2.05, 4.69) is 41.5 Å². The number of aliphatic hydroxyl groups excluding tert-OH is 1. The first-order chi connectivity index (χ1) is 49.4. The highest BCUT2D eigenvalue weighted by atomic mass is 31.2. The highest BCUT2D eigenvalue weighted by molar-refractivity contribution is 7.47. The molecule has 0 aliphatic rings. The van der Waals surface area contributed by atoms with Crippen LogP contribution >= 0.6 is 15.6 Å². The Kier molecular flexibility index (Phi) is 73.1. The number of carbonyl (C=O) groups excluding carboxylic acids is 4. The second-order valence-corrected chi connectivity index (χ2v) is 33.7. The quantitative estimate of drug-likeness (QED) is 0.0222. The summed E-state index contributed by atoms with van der Waals surface area (Å²) in [6, 6.07) is 0. The number of hydrogen-bond donors (Lipinski definition) is 3. The maximum atomic E-state index is 13.1. The van der Waals surface area contributed by atoms with Gasteiger partial charge in [-0.1, -0.05) is 388 Å². The number of carbonyl (C=O) groups is 4. The normalized spacial score (nSPS) is 13.9. The molecule has 0 radical (unpaired) electrons. The van der Waals surface area contributed by atoms with Gasteiger partial charge >= 0.3 is 39.5 Å². The fourth-order valence-corrected chi connectivity index (χ4v) is 14.5. The van der Waals surface area contributed by atoms with E-state index in [4.69, 9.17) is 37.0 Å². The van der Waals surface area contributed by atoms with Crippen molar-refractivity contribution >= 4 is 39.5 Å². The molecule has 0 amide bonds. The van der Waals surface area contributed by atoms with Crippen LogP contribution in [0.4, 0.5) is 0 Å². The monoisotopic (exact) mass is 1490 g/mol. The SMILES string of the molecule is CCCCCCCCCCCCCCCCCCCCCC(=O)O[C@H](COC(=O)CCCCCCCCCCCCCCCCCC(C)C)COP(=O)(O)OC[C@@H](O)COP(=O)(O)OC[C@@H](COC(=O)CCCCCCCCC(C)C)OC(=O)CCCCCCCCCCCCCCCCCC. The molecule has 0 spiro atoms. The molecule has 0 aliphatic carbocycles. The summed E-state index contributed by atoms with van der Waals surface area (Å²) in [5.74, 6) is -0.621. The molecule has 0 aromatic heterocycles. The third-order valence-electron chi connectivity index (χ3n) is 19.5. The first kappa shape index (κ1) is 100. The number of aliphatic hydroxyl groups is 1. The van der Waals surface area contributed by atoms with Crippen LogP contribution in [0.1, 0.15) is 440 Å². The molecule has 2 unspecified atom stereocenters. The standard InChI is InChI=1S/C83H162O17P2/c1-7-9-11-13-15-17-19-21-23-25-26-27-31-36-40-44-48-56-62-67-82(87)99-78(71-93-80(85)65-59-53-46-42-38-34-32-28-29-33-37-41-45-51-57-63-75(3)4)73-97-101(89,90)95-69-77(84)70-96-102(91,92)98-74-79(72-94-81(86)66-60-54-50-49-52-58-64-76(5)6)100-83(88)68-61-55-47-43-39-35-30-24-22-20-18-16-14-12-10-8-2/h75-79,84H,7-74H2,1-6H3,(H,89,90)(H,91,92)/t77-,78-,79-/m1/s1. The Morgan fingerprint density at radius 3 is 0.667 bits per heavy atom. The van der Waals surface area contributed by atoms with Gasteiger partial charge in [0.15, 0.2) is 12.2 Å². The van der Waals surface area contributed by atoms with Crippen LogP contribution < -0.4 is 0 Å². The molecule has 0 aromatic rings. The molecule has 0 rings (SSSR count). The lowest BCUT2D eigenvalue weighted by atomic mass is 10.0. The Hall–Kier alpha value is -1.94. The summed E-state index contributed by atoms with van der Waals surface area (Å²) in [4.78, 5) is 73.1. The number of unbranched alkanes of at least 4 members (excludes halogenated alkanes) is 52. The summed E-state index contributed by atoms with van der Waals surface area (Å²) < 4.78 is 68.8. The molecule has 17 nitrogen and oxygen atoms in total. The Morgan fingerprint density at radius 1 is 0.265 bits per heavy atom. The molecular formula is C83H162O17P2. The molecule has 19 heteroatoms. The van der Waals surface area contributed by atoms with E-state index in [0.29, 0.717) is 31.6 Å². The molecule has 0 saturated heterocycles. The van der Waals surface area contributed by atoms with E-state index in [-0.39, 0.29) is 25.7 Å². The van der Waals surface area contributed by atoms with Crippen LogP contribution in [0.3, 0.4) is 0 Å². The second-order valence-electron chi connectivity index (χ2n) is 30.8. The van der Waals surface area contributed by atoms with Crippen molar-refractivity contribution in [2.24, 2.45) is 11.8 Å². The Balaban J connectivity index is 5.22. The van der Waals surface area contributed by atoms with Gasteiger partial charge in [-0.05, 0) is 37.5 Å². The first-order valence-corrected chi connectivity index (χ1v) is 46.0. The number of phosphoric ester groups is 2. The third-order valence-corrected chi connectivity index (χ3v) is 21.4. The van der Waals surface area contributed by atoms with Crippen molar-refractivity contribution in [2.75, 3.05) is 39.6 Å². The minimum absolute atomic E-state index is 0.107. The zero-order chi connectivity index (χ0) is 74.9. The van der Waals surface area contributed by atoms with Crippen LogP contribution in [0, 0.1) is 11.8 Å². The van der Waals surface area contributed by atoms with Gasteiger partial charge in [-0.15, -0.1) is 0 Å². The van der Waals surface area contributed by atoms with E-state index in [0.717, 1.165) is 102 Å². The minimum Gasteiger partial charge on any atom is -0.462 e. The molecule has 0 saturated carbocycles. The second kappa shape index (κ2) is 74.5. The van der Waals surface area contributed by atoms with Crippen molar-refractivity contribution in [3.8, 4) is 0 Å². The molecule has 0 aliphatic heterocycles. The predicted molar refractivity (Wildman–Crippen MR) is 418 cm³/mol. The zero-order valence-electron chi connectivity index (χ0n) is 66.9. The predicted octanol–water partition coefficient (Wildman–Crippen LogP) is 25.1. The number of phosphoric acid groups is 2. The third kappa shape index (κ3) is 76.3. The van der Waals surface area contributed by atoms with E-state index in [1.807, 2.05) is 0 Å².